The number of benzene rings is 2. The lowest BCUT2D eigenvalue weighted by Gasteiger charge is -2.16. The second kappa shape index (κ2) is 6.89. The molecule has 2 rings (SSSR count). The highest BCUT2D eigenvalue weighted by atomic mass is 16.2. The molecule has 0 atom stereocenters. The zero-order valence-electron chi connectivity index (χ0n) is 12.8. The number of nitrogens with zero attached hydrogens (tertiary/aromatic N) is 1. The molecule has 108 valence electrons. The molecule has 0 bridgehead atoms. The summed E-state index contributed by atoms with van der Waals surface area (Å²) in [6.45, 7) is 4.74. The largest absolute Gasteiger partial charge is 0.338 e. The first-order valence-electron chi connectivity index (χ1n) is 7.10. The summed E-state index contributed by atoms with van der Waals surface area (Å²) in [7, 11) is 1.83. The summed E-state index contributed by atoms with van der Waals surface area (Å²) in [6, 6.07) is 16.2. The summed E-state index contributed by atoms with van der Waals surface area (Å²) >= 11 is 0. The van der Waals surface area contributed by atoms with Gasteiger partial charge in [-0.1, -0.05) is 54.1 Å². The highest BCUT2D eigenvalue weighted by Gasteiger charge is 2.07. The van der Waals surface area contributed by atoms with E-state index in [0.717, 1.165) is 5.56 Å². The Balaban J connectivity index is 2.01. The van der Waals surface area contributed by atoms with Crippen molar-refractivity contribution in [1.82, 2.24) is 4.90 Å². The van der Waals surface area contributed by atoms with Crippen LogP contribution in [-0.2, 0) is 11.3 Å². The van der Waals surface area contributed by atoms with E-state index >= 15 is 0 Å². The molecule has 1 amide bonds. The van der Waals surface area contributed by atoms with Crippen LogP contribution >= 0.6 is 0 Å². The van der Waals surface area contributed by atoms with Crippen molar-refractivity contribution >= 4 is 12.0 Å². The molecule has 0 aliphatic heterocycles. The van der Waals surface area contributed by atoms with Gasteiger partial charge in [-0.15, -0.1) is 0 Å². The lowest BCUT2D eigenvalue weighted by molar-refractivity contribution is -0.125. The van der Waals surface area contributed by atoms with Crippen LogP contribution in [0.15, 0.2) is 54.6 Å². The molecule has 0 aliphatic carbocycles. The van der Waals surface area contributed by atoms with Crippen molar-refractivity contribution < 1.29 is 4.79 Å². The molecule has 0 radical (unpaired) electrons. The molecule has 0 heterocycles. The second-order valence-corrected chi connectivity index (χ2v) is 5.37. The Kier molecular flexibility index (Phi) is 4.94. The Morgan fingerprint density at radius 2 is 1.86 bits per heavy atom. The molecule has 0 saturated heterocycles. The molecule has 21 heavy (non-hydrogen) atoms. The highest BCUT2D eigenvalue weighted by Crippen LogP contribution is 2.10. The zero-order chi connectivity index (χ0) is 15.2. The molecule has 0 N–H and O–H groups in total. The monoisotopic (exact) mass is 279 g/mol. The van der Waals surface area contributed by atoms with Gasteiger partial charge in [-0.25, -0.2) is 0 Å². The maximum Gasteiger partial charge on any atom is 0.246 e. The van der Waals surface area contributed by atoms with Crippen molar-refractivity contribution in [3.8, 4) is 0 Å². The van der Waals surface area contributed by atoms with Gasteiger partial charge in [0, 0.05) is 19.7 Å². The number of hydrogen-bond donors (Lipinski definition) is 0. The van der Waals surface area contributed by atoms with Crippen LogP contribution in [-0.4, -0.2) is 17.9 Å². The molecule has 2 nitrogen and oxygen atoms in total. The van der Waals surface area contributed by atoms with Gasteiger partial charge in [-0.2, -0.15) is 0 Å². The Morgan fingerprint density at radius 1 is 1.10 bits per heavy atom. The molecule has 0 saturated carbocycles. The minimum absolute atomic E-state index is 0.0137. The van der Waals surface area contributed by atoms with Gasteiger partial charge in [0.2, 0.25) is 5.91 Å². The lowest BCUT2D eigenvalue weighted by atomic mass is 10.1. The Hall–Kier alpha value is -2.35. The van der Waals surface area contributed by atoms with Crippen molar-refractivity contribution in [2.24, 2.45) is 0 Å². The normalized spacial score (nSPS) is 10.8. The van der Waals surface area contributed by atoms with E-state index in [1.807, 2.05) is 50.4 Å². The van der Waals surface area contributed by atoms with Crippen LogP contribution in [0.3, 0.4) is 0 Å². The summed E-state index contributed by atoms with van der Waals surface area (Å²) in [5, 5.41) is 0. The van der Waals surface area contributed by atoms with E-state index in [1.54, 1.807) is 11.0 Å². The van der Waals surface area contributed by atoms with E-state index in [1.165, 1.54) is 16.7 Å². The quantitative estimate of drug-likeness (QED) is 0.775. The fraction of sp³-hybridized carbons (Fsp3) is 0.211. The average Bonchev–Trinajstić information content (AvgIpc) is 2.47. The topological polar surface area (TPSA) is 20.3 Å². The molecule has 2 heteroatoms. The first kappa shape index (κ1) is 15.0. The van der Waals surface area contributed by atoms with Crippen LogP contribution in [0.4, 0.5) is 0 Å². The van der Waals surface area contributed by atoms with E-state index < -0.39 is 0 Å². The minimum Gasteiger partial charge on any atom is -0.338 e. The number of hydrogen-bond acceptors (Lipinski definition) is 1. The Bertz CT molecular complexity index is 658. The zero-order valence-corrected chi connectivity index (χ0v) is 12.8. The van der Waals surface area contributed by atoms with E-state index in [9.17, 15) is 4.79 Å². The predicted molar refractivity (Wildman–Crippen MR) is 87.9 cm³/mol. The molecule has 0 fully saturated rings. The lowest BCUT2D eigenvalue weighted by Crippen LogP contribution is -2.24. The number of amides is 1. The summed E-state index contributed by atoms with van der Waals surface area (Å²) in [5.41, 5.74) is 4.63. The number of aryl methyl sites for hydroxylation is 2. The van der Waals surface area contributed by atoms with Gasteiger partial charge in [-0.05, 0) is 36.6 Å². The Morgan fingerprint density at radius 3 is 2.57 bits per heavy atom. The van der Waals surface area contributed by atoms with Gasteiger partial charge in [0.15, 0.2) is 0 Å². The van der Waals surface area contributed by atoms with Crippen LogP contribution in [0.2, 0.25) is 0 Å². The molecule has 0 aliphatic rings. The van der Waals surface area contributed by atoms with Crippen LogP contribution in [0.5, 0.6) is 0 Å². The third-order valence-electron chi connectivity index (χ3n) is 3.51. The number of carbonyl (C=O) groups excluding carboxylic acids is 1. The van der Waals surface area contributed by atoms with Gasteiger partial charge in [-0.3, -0.25) is 4.79 Å². The second-order valence-electron chi connectivity index (χ2n) is 5.37. The van der Waals surface area contributed by atoms with Gasteiger partial charge >= 0.3 is 0 Å². The maximum atomic E-state index is 12.2. The van der Waals surface area contributed by atoms with Crippen LogP contribution in [0.25, 0.3) is 6.08 Å². The Labute approximate surface area is 126 Å². The molecule has 2 aromatic carbocycles. The van der Waals surface area contributed by atoms with Crippen molar-refractivity contribution in [2.45, 2.75) is 20.4 Å². The van der Waals surface area contributed by atoms with Gasteiger partial charge < -0.3 is 4.90 Å². The van der Waals surface area contributed by atoms with Gasteiger partial charge in [0.05, 0.1) is 0 Å². The molecular formula is C19H21NO. The highest BCUT2D eigenvalue weighted by molar-refractivity contribution is 5.91. The maximum absolute atomic E-state index is 12.2. The fourth-order valence-electron chi connectivity index (χ4n) is 2.19. The number of carbonyl (C=O) groups is 1. The van der Waals surface area contributed by atoms with Crippen molar-refractivity contribution in [2.75, 3.05) is 7.05 Å². The summed E-state index contributed by atoms with van der Waals surface area (Å²) in [5.74, 6) is 0.0137. The van der Waals surface area contributed by atoms with Crippen LogP contribution in [0, 0.1) is 13.8 Å². The molecule has 0 unspecified atom stereocenters. The third kappa shape index (κ3) is 4.32. The summed E-state index contributed by atoms with van der Waals surface area (Å²) < 4.78 is 0. The van der Waals surface area contributed by atoms with E-state index in [0.29, 0.717) is 6.54 Å². The van der Waals surface area contributed by atoms with E-state index in [2.05, 4.69) is 25.1 Å². The summed E-state index contributed by atoms with van der Waals surface area (Å²) in [6.07, 6.45) is 3.50. The van der Waals surface area contributed by atoms with Gasteiger partial charge in [0.1, 0.15) is 0 Å². The van der Waals surface area contributed by atoms with Crippen LogP contribution < -0.4 is 0 Å². The van der Waals surface area contributed by atoms with E-state index in [4.69, 9.17) is 0 Å². The third-order valence-corrected chi connectivity index (χ3v) is 3.51. The number of rotatable bonds is 4. The average molecular weight is 279 g/mol. The van der Waals surface area contributed by atoms with Crippen LogP contribution in [0.1, 0.15) is 22.3 Å². The first-order valence-corrected chi connectivity index (χ1v) is 7.10. The van der Waals surface area contributed by atoms with Crippen molar-refractivity contribution in [3.05, 3.63) is 76.9 Å². The van der Waals surface area contributed by atoms with Gasteiger partial charge in [0.25, 0.3) is 0 Å². The first-order chi connectivity index (χ1) is 10.1. The van der Waals surface area contributed by atoms with Crippen molar-refractivity contribution in [3.63, 3.8) is 0 Å². The number of likely N-dealkylation sites (N-methyl/N-ethyl adjacent to an activating group) is 1. The van der Waals surface area contributed by atoms with E-state index in [-0.39, 0.29) is 5.91 Å². The standard InChI is InChI=1S/C19H21NO/c1-15-7-6-9-17(13-15)11-12-19(21)20(3)14-18-10-5-4-8-16(18)2/h4-13H,14H2,1-3H3/b12-11+. The molecule has 0 spiro atoms. The van der Waals surface area contributed by atoms with Crippen molar-refractivity contribution in [1.29, 1.82) is 0 Å². The predicted octanol–water partition coefficient (Wildman–Crippen LogP) is 3.98. The molecule has 0 aromatic heterocycles. The molecule has 2 aromatic rings. The smallest absolute Gasteiger partial charge is 0.246 e. The fourth-order valence-corrected chi connectivity index (χ4v) is 2.19. The SMILES string of the molecule is Cc1cccc(/C=C/C(=O)N(C)Cc2ccccc2C)c1. The molecular weight excluding hydrogens is 258 g/mol. The summed E-state index contributed by atoms with van der Waals surface area (Å²) in [4.78, 5) is 13.9. The minimum atomic E-state index is 0.0137.